The predicted octanol–water partition coefficient (Wildman–Crippen LogP) is 2.53. The minimum absolute atomic E-state index is 0.507. The number of likely N-dealkylation sites (tertiary alicyclic amines) is 1. The van der Waals surface area contributed by atoms with Crippen LogP contribution in [0.25, 0.3) is 11.0 Å². The summed E-state index contributed by atoms with van der Waals surface area (Å²) < 4.78 is 2.27. The SMILES string of the molecule is CN=C(NCCn1c(C)nc2ccccc21)NC1CCN(C2CCCC2)C1. The van der Waals surface area contributed by atoms with E-state index in [0.29, 0.717) is 6.04 Å². The van der Waals surface area contributed by atoms with Crippen molar-refractivity contribution >= 4 is 17.0 Å². The molecule has 1 aromatic carbocycles. The number of nitrogens with one attached hydrogen (secondary N) is 2. The number of rotatable bonds is 5. The summed E-state index contributed by atoms with van der Waals surface area (Å²) in [4.78, 5) is 11.8. The van der Waals surface area contributed by atoms with Crippen molar-refractivity contribution in [2.45, 2.75) is 57.7 Å². The van der Waals surface area contributed by atoms with E-state index >= 15 is 0 Å². The van der Waals surface area contributed by atoms with Crippen LogP contribution in [0.3, 0.4) is 0 Å². The first kappa shape index (κ1) is 18.3. The smallest absolute Gasteiger partial charge is 0.191 e. The van der Waals surface area contributed by atoms with E-state index in [4.69, 9.17) is 0 Å². The van der Waals surface area contributed by atoms with E-state index in [1.54, 1.807) is 0 Å². The van der Waals surface area contributed by atoms with Crippen molar-refractivity contribution in [3.8, 4) is 0 Å². The van der Waals surface area contributed by atoms with Crippen molar-refractivity contribution in [3.63, 3.8) is 0 Å². The zero-order valence-corrected chi connectivity index (χ0v) is 16.6. The Morgan fingerprint density at radius 1 is 1.22 bits per heavy atom. The maximum Gasteiger partial charge on any atom is 0.191 e. The molecule has 0 amide bonds. The second-order valence-corrected chi connectivity index (χ2v) is 7.86. The Morgan fingerprint density at radius 2 is 2.04 bits per heavy atom. The molecule has 0 bridgehead atoms. The van der Waals surface area contributed by atoms with Gasteiger partial charge in [-0.1, -0.05) is 25.0 Å². The average molecular weight is 369 g/mol. The number of hydrogen-bond acceptors (Lipinski definition) is 3. The van der Waals surface area contributed by atoms with E-state index in [9.17, 15) is 0 Å². The Labute approximate surface area is 162 Å². The molecular formula is C21H32N6. The molecule has 1 saturated heterocycles. The van der Waals surface area contributed by atoms with Gasteiger partial charge in [-0.2, -0.15) is 0 Å². The highest BCUT2D eigenvalue weighted by molar-refractivity contribution is 5.80. The first-order valence-corrected chi connectivity index (χ1v) is 10.4. The van der Waals surface area contributed by atoms with Crippen molar-refractivity contribution in [1.82, 2.24) is 25.1 Å². The quantitative estimate of drug-likeness (QED) is 0.629. The van der Waals surface area contributed by atoms with Crippen molar-refractivity contribution in [3.05, 3.63) is 30.1 Å². The second kappa shape index (κ2) is 8.30. The maximum atomic E-state index is 4.64. The molecule has 1 aromatic heterocycles. The van der Waals surface area contributed by atoms with Crippen LogP contribution in [0.1, 0.15) is 37.9 Å². The standard InChI is InChI=1S/C21H32N6/c1-16-24-19-9-5-6-10-20(19)27(16)14-12-23-21(22-2)25-17-11-13-26(15-17)18-7-3-4-8-18/h5-6,9-10,17-18H,3-4,7-8,11-15H2,1-2H3,(H2,22,23,25). The number of guanidine groups is 1. The fourth-order valence-electron chi connectivity index (χ4n) is 4.66. The lowest BCUT2D eigenvalue weighted by Crippen LogP contribution is -2.46. The van der Waals surface area contributed by atoms with Crippen molar-refractivity contribution in [2.75, 3.05) is 26.7 Å². The van der Waals surface area contributed by atoms with Gasteiger partial charge in [0.1, 0.15) is 5.82 Å². The van der Waals surface area contributed by atoms with E-state index in [2.05, 4.69) is 55.2 Å². The molecule has 1 aliphatic heterocycles. The van der Waals surface area contributed by atoms with E-state index < -0.39 is 0 Å². The van der Waals surface area contributed by atoms with Crippen LogP contribution in [0.4, 0.5) is 0 Å². The van der Waals surface area contributed by atoms with Gasteiger partial charge in [-0.05, 0) is 38.3 Å². The third-order valence-corrected chi connectivity index (χ3v) is 6.10. The minimum atomic E-state index is 0.507. The van der Waals surface area contributed by atoms with E-state index in [1.807, 2.05) is 13.1 Å². The number of hydrogen-bond donors (Lipinski definition) is 2. The van der Waals surface area contributed by atoms with Gasteiger partial charge in [0.15, 0.2) is 5.96 Å². The fourth-order valence-corrected chi connectivity index (χ4v) is 4.66. The van der Waals surface area contributed by atoms with Crippen LogP contribution in [0.15, 0.2) is 29.3 Å². The molecular weight excluding hydrogens is 336 g/mol. The molecule has 1 unspecified atom stereocenters. The number of benzene rings is 1. The zero-order chi connectivity index (χ0) is 18.6. The molecule has 1 atom stereocenters. The van der Waals surface area contributed by atoms with Gasteiger partial charge >= 0.3 is 0 Å². The number of aromatic nitrogens is 2. The van der Waals surface area contributed by atoms with E-state index in [1.165, 1.54) is 44.2 Å². The van der Waals surface area contributed by atoms with E-state index in [0.717, 1.165) is 43.0 Å². The largest absolute Gasteiger partial charge is 0.355 e. The van der Waals surface area contributed by atoms with Crippen LogP contribution < -0.4 is 10.6 Å². The van der Waals surface area contributed by atoms with Gasteiger partial charge in [-0.3, -0.25) is 9.89 Å². The summed E-state index contributed by atoms with van der Waals surface area (Å²) in [5.41, 5.74) is 2.26. The van der Waals surface area contributed by atoms with Crippen molar-refractivity contribution < 1.29 is 0 Å². The summed E-state index contributed by atoms with van der Waals surface area (Å²) in [5.74, 6) is 1.97. The molecule has 2 aliphatic rings. The van der Waals surface area contributed by atoms with Crippen molar-refractivity contribution in [2.24, 2.45) is 4.99 Å². The first-order chi connectivity index (χ1) is 13.2. The maximum absolute atomic E-state index is 4.64. The summed E-state index contributed by atoms with van der Waals surface area (Å²) in [7, 11) is 1.86. The number of nitrogens with zero attached hydrogens (tertiary/aromatic N) is 4. The van der Waals surface area contributed by atoms with Crippen molar-refractivity contribution in [1.29, 1.82) is 0 Å². The summed E-state index contributed by atoms with van der Waals surface area (Å²) in [6, 6.07) is 9.65. The molecule has 1 aliphatic carbocycles. The zero-order valence-electron chi connectivity index (χ0n) is 16.6. The minimum Gasteiger partial charge on any atom is -0.355 e. The number of para-hydroxylation sites is 2. The Bertz CT molecular complexity index is 789. The monoisotopic (exact) mass is 368 g/mol. The van der Waals surface area contributed by atoms with Crippen LogP contribution in [0, 0.1) is 6.92 Å². The van der Waals surface area contributed by atoms with Gasteiger partial charge in [0.2, 0.25) is 0 Å². The first-order valence-electron chi connectivity index (χ1n) is 10.4. The van der Waals surface area contributed by atoms with Gasteiger partial charge in [0, 0.05) is 45.3 Å². The van der Waals surface area contributed by atoms with Gasteiger partial charge in [0.05, 0.1) is 11.0 Å². The molecule has 2 fully saturated rings. The highest BCUT2D eigenvalue weighted by Gasteiger charge is 2.30. The van der Waals surface area contributed by atoms with Crippen LogP contribution >= 0.6 is 0 Å². The molecule has 0 radical (unpaired) electrons. The fraction of sp³-hybridized carbons (Fsp3) is 0.619. The summed E-state index contributed by atoms with van der Waals surface area (Å²) in [5, 5.41) is 7.11. The molecule has 6 heteroatoms. The highest BCUT2D eigenvalue weighted by Crippen LogP contribution is 2.26. The molecule has 2 heterocycles. The van der Waals surface area contributed by atoms with Crippen LogP contribution in [-0.4, -0.2) is 59.2 Å². The summed E-state index contributed by atoms with van der Waals surface area (Å²) in [6.45, 7) is 6.16. The topological polar surface area (TPSA) is 57.5 Å². The molecule has 1 saturated carbocycles. The van der Waals surface area contributed by atoms with E-state index in [-0.39, 0.29) is 0 Å². The molecule has 27 heavy (non-hydrogen) atoms. The Kier molecular flexibility index (Phi) is 5.62. The molecule has 6 nitrogen and oxygen atoms in total. The Morgan fingerprint density at radius 3 is 2.85 bits per heavy atom. The average Bonchev–Trinajstić information content (AvgIpc) is 3.41. The van der Waals surface area contributed by atoms with Crippen LogP contribution in [0.5, 0.6) is 0 Å². The normalized spacial score (nSPS) is 22.0. The highest BCUT2D eigenvalue weighted by atomic mass is 15.3. The number of aliphatic imine (C=N–C) groups is 1. The van der Waals surface area contributed by atoms with Gasteiger partial charge in [-0.25, -0.2) is 4.98 Å². The third-order valence-electron chi connectivity index (χ3n) is 6.10. The van der Waals surface area contributed by atoms with Crippen LogP contribution in [0.2, 0.25) is 0 Å². The van der Waals surface area contributed by atoms with Gasteiger partial charge in [-0.15, -0.1) is 0 Å². The molecule has 0 spiro atoms. The van der Waals surface area contributed by atoms with Gasteiger partial charge in [0.25, 0.3) is 0 Å². The Hall–Kier alpha value is -2.08. The molecule has 4 rings (SSSR count). The number of aryl methyl sites for hydroxylation is 1. The lowest BCUT2D eigenvalue weighted by atomic mass is 10.2. The molecule has 2 aromatic rings. The number of imidazole rings is 1. The lowest BCUT2D eigenvalue weighted by Gasteiger charge is -2.24. The molecule has 2 N–H and O–H groups in total. The third kappa shape index (κ3) is 4.10. The lowest BCUT2D eigenvalue weighted by molar-refractivity contribution is 0.242. The Balaban J connectivity index is 1.28. The summed E-state index contributed by atoms with van der Waals surface area (Å²) in [6.07, 6.45) is 6.80. The predicted molar refractivity (Wildman–Crippen MR) is 111 cm³/mol. The second-order valence-electron chi connectivity index (χ2n) is 7.86. The van der Waals surface area contributed by atoms with Crippen LogP contribution in [-0.2, 0) is 6.54 Å². The molecule has 146 valence electrons. The summed E-state index contributed by atoms with van der Waals surface area (Å²) >= 11 is 0. The number of fused-ring (bicyclic) bond motifs is 1. The van der Waals surface area contributed by atoms with Gasteiger partial charge < -0.3 is 15.2 Å².